The maximum absolute atomic E-state index is 13.4. The van der Waals surface area contributed by atoms with Crippen molar-refractivity contribution in [3.05, 3.63) is 29.8 Å². The van der Waals surface area contributed by atoms with Crippen molar-refractivity contribution >= 4 is 11.0 Å². The molecule has 2 rings (SSSR count). The number of hydrogen-bond acceptors (Lipinski definition) is 1. The van der Waals surface area contributed by atoms with Crippen molar-refractivity contribution in [1.82, 2.24) is 9.55 Å². The van der Waals surface area contributed by atoms with Crippen LogP contribution in [-0.4, -0.2) is 9.55 Å². The fraction of sp³-hybridized carbons (Fsp3) is 0.462. The molecule has 0 aliphatic heterocycles. The summed E-state index contributed by atoms with van der Waals surface area (Å²) in [6.45, 7) is 6.50. The van der Waals surface area contributed by atoms with Crippen molar-refractivity contribution in [3.8, 4) is 0 Å². The van der Waals surface area contributed by atoms with Gasteiger partial charge in [-0.2, -0.15) is 0 Å². The fourth-order valence-electron chi connectivity index (χ4n) is 1.78. The third-order valence-electron chi connectivity index (χ3n) is 3.45. The molecule has 2 aromatic rings. The van der Waals surface area contributed by atoms with Crippen LogP contribution < -0.4 is 0 Å². The standard InChI is InChI=1S/C13H17FN2/c1-5-13(2,3)9-6-11-12(15-7-9)10(14)8-16(11)4/h6-8H,5H2,1-4H3. The largest absolute Gasteiger partial charge is 0.346 e. The lowest BCUT2D eigenvalue weighted by Crippen LogP contribution is -2.15. The van der Waals surface area contributed by atoms with E-state index in [1.807, 2.05) is 13.1 Å². The lowest BCUT2D eigenvalue weighted by atomic mass is 9.83. The summed E-state index contributed by atoms with van der Waals surface area (Å²) >= 11 is 0. The summed E-state index contributed by atoms with van der Waals surface area (Å²) in [5.41, 5.74) is 2.56. The molecule has 86 valence electrons. The molecule has 2 aromatic heterocycles. The first-order chi connectivity index (χ1) is 7.45. The van der Waals surface area contributed by atoms with Crippen LogP contribution in [0.3, 0.4) is 0 Å². The van der Waals surface area contributed by atoms with E-state index in [1.165, 1.54) is 6.20 Å². The lowest BCUT2D eigenvalue weighted by molar-refractivity contribution is 0.505. The number of aryl methyl sites for hydroxylation is 1. The van der Waals surface area contributed by atoms with Gasteiger partial charge in [0.05, 0.1) is 5.52 Å². The van der Waals surface area contributed by atoms with Crippen LogP contribution in [0, 0.1) is 5.82 Å². The Kier molecular flexibility index (Phi) is 2.49. The van der Waals surface area contributed by atoms with Crippen LogP contribution in [0.15, 0.2) is 18.5 Å². The van der Waals surface area contributed by atoms with Crippen molar-refractivity contribution in [2.24, 2.45) is 7.05 Å². The van der Waals surface area contributed by atoms with Crippen molar-refractivity contribution in [2.75, 3.05) is 0 Å². The molecule has 0 bridgehead atoms. The van der Waals surface area contributed by atoms with Gasteiger partial charge in [-0.15, -0.1) is 0 Å². The highest BCUT2D eigenvalue weighted by atomic mass is 19.1. The molecular formula is C13H17FN2. The van der Waals surface area contributed by atoms with Crippen LogP contribution in [-0.2, 0) is 12.5 Å². The molecule has 2 nitrogen and oxygen atoms in total. The topological polar surface area (TPSA) is 17.8 Å². The highest BCUT2D eigenvalue weighted by molar-refractivity contribution is 5.77. The first-order valence-electron chi connectivity index (χ1n) is 5.57. The molecule has 0 aliphatic carbocycles. The van der Waals surface area contributed by atoms with Crippen LogP contribution in [0.25, 0.3) is 11.0 Å². The molecule has 0 spiro atoms. The average molecular weight is 220 g/mol. The van der Waals surface area contributed by atoms with Crippen molar-refractivity contribution in [3.63, 3.8) is 0 Å². The quantitative estimate of drug-likeness (QED) is 0.758. The molecule has 0 N–H and O–H groups in total. The fourth-order valence-corrected chi connectivity index (χ4v) is 1.78. The minimum absolute atomic E-state index is 0.0853. The number of aromatic nitrogens is 2. The smallest absolute Gasteiger partial charge is 0.167 e. The van der Waals surface area contributed by atoms with Gasteiger partial charge in [-0.05, 0) is 23.5 Å². The summed E-state index contributed by atoms with van der Waals surface area (Å²) in [5.74, 6) is -0.252. The van der Waals surface area contributed by atoms with E-state index in [0.29, 0.717) is 5.52 Å². The zero-order valence-corrected chi connectivity index (χ0v) is 10.2. The van der Waals surface area contributed by atoms with E-state index < -0.39 is 0 Å². The summed E-state index contributed by atoms with van der Waals surface area (Å²) < 4.78 is 15.2. The van der Waals surface area contributed by atoms with Crippen molar-refractivity contribution in [2.45, 2.75) is 32.6 Å². The predicted octanol–water partition coefficient (Wildman–Crippen LogP) is 3.40. The third-order valence-corrected chi connectivity index (χ3v) is 3.45. The number of pyridine rings is 1. The Morgan fingerprint density at radius 2 is 2.12 bits per heavy atom. The van der Waals surface area contributed by atoms with Gasteiger partial charge in [0.2, 0.25) is 0 Å². The molecule has 0 radical (unpaired) electrons. The van der Waals surface area contributed by atoms with Crippen molar-refractivity contribution < 1.29 is 4.39 Å². The summed E-state index contributed by atoms with van der Waals surface area (Å²) in [6.07, 6.45) is 4.29. The number of hydrogen-bond donors (Lipinski definition) is 0. The number of halogens is 1. The van der Waals surface area contributed by atoms with E-state index in [1.54, 1.807) is 10.8 Å². The van der Waals surface area contributed by atoms with E-state index in [4.69, 9.17) is 0 Å². The third kappa shape index (κ3) is 1.60. The van der Waals surface area contributed by atoms with E-state index in [2.05, 4.69) is 25.8 Å². The molecule has 0 fully saturated rings. The highest BCUT2D eigenvalue weighted by Gasteiger charge is 2.20. The van der Waals surface area contributed by atoms with E-state index in [9.17, 15) is 4.39 Å². The molecule has 0 aliphatic rings. The Hall–Kier alpha value is -1.38. The van der Waals surface area contributed by atoms with Crippen molar-refractivity contribution in [1.29, 1.82) is 0 Å². The number of rotatable bonds is 2. The zero-order valence-electron chi connectivity index (χ0n) is 10.2. The summed E-state index contributed by atoms with van der Waals surface area (Å²) in [4.78, 5) is 4.22. The van der Waals surface area contributed by atoms with Gasteiger partial charge in [0, 0.05) is 19.4 Å². The highest BCUT2D eigenvalue weighted by Crippen LogP contribution is 2.29. The zero-order chi connectivity index (χ0) is 11.9. The van der Waals surface area contributed by atoms with Crippen LogP contribution in [0.5, 0.6) is 0 Å². The van der Waals surface area contributed by atoms with Gasteiger partial charge in [0.25, 0.3) is 0 Å². The molecule has 0 unspecified atom stereocenters. The Labute approximate surface area is 95.1 Å². The molecule has 0 saturated carbocycles. The van der Waals surface area contributed by atoms with Gasteiger partial charge in [0.1, 0.15) is 5.52 Å². The van der Waals surface area contributed by atoms with E-state index in [0.717, 1.165) is 17.5 Å². The molecule has 0 saturated heterocycles. The predicted molar refractivity (Wildman–Crippen MR) is 64.0 cm³/mol. The van der Waals surface area contributed by atoms with Crippen LogP contribution in [0.2, 0.25) is 0 Å². The van der Waals surface area contributed by atoms with Crippen LogP contribution >= 0.6 is 0 Å². The number of fused-ring (bicyclic) bond motifs is 1. The summed E-state index contributed by atoms with van der Waals surface area (Å²) in [5, 5.41) is 0. The molecule has 16 heavy (non-hydrogen) atoms. The Bertz CT molecular complexity index is 526. The second-order valence-corrected chi connectivity index (χ2v) is 4.92. The molecule has 0 atom stereocenters. The van der Waals surface area contributed by atoms with Gasteiger partial charge in [-0.25, -0.2) is 4.39 Å². The van der Waals surface area contributed by atoms with Gasteiger partial charge < -0.3 is 4.57 Å². The Balaban J connectivity index is 2.64. The maximum atomic E-state index is 13.4. The molecule has 2 heterocycles. The number of nitrogens with zero attached hydrogens (tertiary/aromatic N) is 2. The average Bonchev–Trinajstić information content (AvgIpc) is 2.54. The second kappa shape index (κ2) is 3.58. The van der Waals surface area contributed by atoms with Gasteiger partial charge in [-0.1, -0.05) is 20.8 Å². The lowest BCUT2D eigenvalue weighted by Gasteiger charge is -2.22. The minimum atomic E-state index is -0.252. The molecular weight excluding hydrogens is 203 g/mol. The normalized spacial score (nSPS) is 12.3. The summed E-state index contributed by atoms with van der Waals surface area (Å²) in [6, 6.07) is 2.04. The first kappa shape index (κ1) is 11.1. The second-order valence-electron chi connectivity index (χ2n) is 4.92. The maximum Gasteiger partial charge on any atom is 0.167 e. The van der Waals surface area contributed by atoms with Gasteiger partial charge in [-0.3, -0.25) is 4.98 Å². The molecule has 0 amide bonds. The minimum Gasteiger partial charge on any atom is -0.346 e. The summed E-state index contributed by atoms with van der Waals surface area (Å²) in [7, 11) is 1.84. The van der Waals surface area contributed by atoms with Crippen LogP contribution in [0.1, 0.15) is 32.8 Å². The van der Waals surface area contributed by atoms with Gasteiger partial charge in [0.15, 0.2) is 5.82 Å². The van der Waals surface area contributed by atoms with Gasteiger partial charge >= 0.3 is 0 Å². The molecule has 0 aromatic carbocycles. The van der Waals surface area contributed by atoms with Crippen LogP contribution in [0.4, 0.5) is 4.39 Å². The monoisotopic (exact) mass is 220 g/mol. The molecule has 3 heteroatoms. The SMILES string of the molecule is CCC(C)(C)c1cnc2c(F)cn(C)c2c1. The first-order valence-corrected chi connectivity index (χ1v) is 5.57. The van der Waals surface area contributed by atoms with E-state index in [-0.39, 0.29) is 11.2 Å². The Morgan fingerprint density at radius 3 is 2.75 bits per heavy atom. The van der Waals surface area contributed by atoms with E-state index >= 15 is 0 Å². The Morgan fingerprint density at radius 1 is 1.44 bits per heavy atom.